The number of nitrogens with one attached hydrogen (secondary N) is 1. The number of para-hydroxylation sites is 1. The minimum absolute atomic E-state index is 0.737. The maximum Gasteiger partial charge on any atom is 0.0580 e. The van der Waals surface area contributed by atoms with Crippen molar-refractivity contribution in [1.82, 2.24) is 9.99 Å². The first kappa shape index (κ1) is 13.4. The van der Waals surface area contributed by atoms with Crippen LogP contribution in [0.3, 0.4) is 0 Å². The van der Waals surface area contributed by atoms with Gasteiger partial charge in [0.25, 0.3) is 0 Å². The Hall–Kier alpha value is -2.55. The molecule has 0 radical (unpaired) electrons. The van der Waals surface area contributed by atoms with Gasteiger partial charge in [0.1, 0.15) is 0 Å². The Labute approximate surface area is 124 Å². The van der Waals surface area contributed by atoms with Crippen LogP contribution in [0.5, 0.6) is 0 Å². The van der Waals surface area contributed by atoms with Crippen LogP contribution in [0.1, 0.15) is 16.8 Å². The van der Waals surface area contributed by atoms with Gasteiger partial charge in [-0.2, -0.15) is 5.10 Å². The number of hydrogen-bond acceptors (Lipinski definition) is 2. The van der Waals surface area contributed by atoms with Crippen molar-refractivity contribution >= 4 is 17.1 Å². The number of hydrazone groups is 1. The molecule has 0 spiro atoms. The van der Waals surface area contributed by atoms with Gasteiger partial charge in [-0.1, -0.05) is 48.5 Å². The van der Waals surface area contributed by atoms with Gasteiger partial charge in [-0.3, -0.25) is 0 Å². The molecular formula is C18H19N3. The van der Waals surface area contributed by atoms with E-state index in [-0.39, 0.29) is 0 Å². The predicted octanol–water partition coefficient (Wildman–Crippen LogP) is 3.61. The summed E-state index contributed by atoms with van der Waals surface area (Å²) in [6, 6.07) is 18.7. The molecule has 0 aliphatic carbocycles. The summed E-state index contributed by atoms with van der Waals surface area (Å²) in [5, 5.41) is 5.61. The third kappa shape index (κ3) is 2.68. The lowest BCUT2D eigenvalue weighted by atomic mass is 10.1. The molecule has 3 heteroatoms. The highest BCUT2D eigenvalue weighted by molar-refractivity contribution is 6.01. The van der Waals surface area contributed by atoms with Crippen molar-refractivity contribution in [3.63, 3.8) is 0 Å². The van der Waals surface area contributed by atoms with E-state index in [1.807, 2.05) is 24.4 Å². The Morgan fingerprint density at radius 1 is 1.05 bits per heavy atom. The molecular weight excluding hydrogens is 258 g/mol. The molecule has 0 aliphatic rings. The van der Waals surface area contributed by atoms with Crippen LogP contribution in [0.2, 0.25) is 0 Å². The van der Waals surface area contributed by atoms with Gasteiger partial charge in [-0.05, 0) is 18.6 Å². The molecule has 0 amide bonds. The Morgan fingerprint density at radius 3 is 2.57 bits per heavy atom. The van der Waals surface area contributed by atoms with Crippen molar-refractivity contribution < 1.29 is 0 Å². The van der Waals surface area contributed by atoms with Crippen LogP contribution in [0.4, 0.5) is 0 Å². The van der Waals surface area contributed by atoms with Crippen molar-refractivity contribution in [2.45, 2.75) is 13.5 Å². The maximum atomic E-state index is 4.37. The molecule has 21 heavy (non-hydrogen) atoms. The maximum absolute atomic E-state index is 4.37. The number of aryl methyl sites for hydroxylation is 1. The van der Waals surface area contributed by atoms with Gasteiger partial charge in [-0.25, -0.2) is 0 Å². The molecule has 0 atom stereocenters. The standard InChI is InChI=1S/C18H19N3/c1-14-17(16-10-6-7-11-18(16)21(14)2)13-20-19-12-15-8-4-3-5-9-15/h3-11,13,19H,12H2,1-2H3. The molecule has 3 nitrogen and oxygen atoms in total. The summed E-state index contributed by atoms with van der Waals surface area (Å²) in [6.45, 7) is 2.86. The van der Waals surface area contributed by atoms with E-state index in [1.165, 1.54) is 27.7 Å². The zero-order chi connectivity index (χ0) is 14.7. The van der Waals surface area contributed by atoms with Gasteiger partial charge in [0.2, 0.25) is 0 Å². The highest BCUT2D eigenvalue weighted by Crippen LogP contribution is 2.22. The largest absolute Gasteiger partial charge is 0.347 e. The molecule has 1 aromatic heterocycles. The van der Waals surface area contributed by atoms with Crippen molar-refractivity contribution in [1.29, 1.82) is 0 Å². The Balaban J connectivity index is 1.79. The van der Waals surface area contributed by atoms with Crippen LogP contribution in [0, 0.1) is 6.92 Å². The number of aromatic nitrogens is 1. The number of benzene rings is 2. The van der Waals surface area contributed by atoms with Gasteiger partial charge in [0.15, 0.2) is 0 Å². The summed E-state index contributed by atoms with van der Waals surface area (Å²) in [4.78, 5) is 0. The minimum atomic E-state index is 0.737. The molecule has 0 unspecified atom stereocenters. The van der Waals surface area contributed by atoms with Crippen LogP contribution in [-0.2, 0) is 13.6 Å². The van der Waals surface area contributed by atoms with Gasteiger partial charge in [0.05, 0.1) is 12.8 Å². The first-order valence-corrected chi connectivity index (χ1v) is 7.11. The first-order chi connectivity index (χ1) is 10.3. The second-order valence-electron chi connectivity index (χ2n) is 5.15. The zero-order valence-corrected chi connectivity index (χ0v) is 12.4. The fraction of sp³-hybridized carbons (Fsp3) is 0.167. The SMILES string of the molecule is Cc1c(C=NNCc2ccccc2)c2ccccc2n1C. The highest BCUT2D eigenvalue weighted by Gasteiger charge is 2.08. The second-order valence-corrected chi connectivity index (χ2v) is 5.15. The van der Waals surface area contributed by atoms with E-state index in [4.69, 9.17) is 0 Å². The van der Waals surface area contributed by atoms with E-state index < -0.39 is 0 Å². The number of hydrogen-bond donors (Lipinski definition) is 1. The summed E-state index contributed by atoms with van der Waals surface area (Å²) in [6.07, 6.45) is 1.92. The van der Waals surface area contributed by atoms with E-state index in [0.717, 1.165) is 6.54 Å². The van der Waals surface area contributed by atoms with E-state index in [2.05, 4.69) is 65.5 Å². The topological polar surface area (TPSA) is 29.3 Å². The van der Waals surface area contributed by atoms with Crippen molar-refractivity contribution in [2.75, 3.05) is 0 Å². The third-order valence-electron chi connectivity index (χ3n) is 3.86. The molecule has 106 valence electrons. The average molecular weight is 277 g/mol. The normalized spacial score (nSPS) is 11.3. The van der Waals surface area contributed by atoms with Crippen molar-refractivity contribution in [2.24, 2.45) is 12.1 Å². The molecule has 3 rings (SSSR count). The van der Waals surface area contributed by atoms with E-state index in [1.54, 1.807) is 0 Å². The predicted molar refractivity (Wildman–Crippen MR) is 88.5 cm³/mol. The number of fused-ring (bicyclic) bond motifs is 1. The molecule has 0 aliphatic heterocycles. The average Bonchev–Trinajstić information content (AvgIpc) is 2.77. The number of rotatable bonds is 4. The Morgan fingerprint density at radius 2 is 1.76 bits per heavy atom. The van der Waals surface area contributed by atoms with Crippen LogP contribution in [0.15, 0.2) is 59.7 Å². The summed E-state index contributed by atoms with van der Waals surface area (Å²) < 4.78 is 2.20. The lowest BCUT2D eigenvalue weighted by Gasteiger charge is -2.00. The first-order valence-electron chi connectivity index (χ1n) is 7.11. The third-order valence-corrected chi connectivity index (χ3v) is 3.86. The van der Waals surface area contributed by atoms with E-state index in [0.29, 0.717) is 0 Å². The monoisotopic (exact) mass is 277 g/mol. The van der Waals surface area contributed by atoms with E-state index >= 15 is 0 Å². The Bertz CT molecular complexity index is 770. The minimum Gasteiger partial charge on any atom is -0.347 e. The molecule has 0 fully saturated rings. The lowest BCUT2D eigenvalue weighted by Crippen LogP contribution is -2.05. The molecule has 0 bridgehead atoms. The quantitative estimate of drug-likeness (QED) is 0.573. The molecule has 1 N–H and O–H groups in total. The van der Waals surface area contributed by atoms with Gasteiger partial charge >= 0.3 is 0 Å². The Kier molecular flexibility index (Phi) is 3.73. The van der Waals surface area contributed by atoms with Gasteiger partial charge in [0, 0.05) is 29.2 Å². The lowest BCUT2D eigenvalue weighted by molar-refractivity contribution is 0.748. The summed E-state index contributed by atoms with van der Waals surface area (Å²) >= 11 is 0. The van der Waals surface area contributed by atoms with Gasteiger partial charge < -0.3 is 9.99 Å². The zero-order valence-electron chi connectivity index (χ0n) is 12.4. The number of nitrogens with zero attached hydrogens (tertiary/aromatic N) is 2. The molecule has 0 saturated carbocycles. The van der Waals surface area contributed by atoms with E-state index in [9.17, 15) is 0 Å². The smallest absolute Gasteiger partial charge is 0.0580 e. The molecule has 2 aromatic carbocycles. The second kappa shape index (κ2) is 5.83. The van der Waals surface area contributed by atoms with Crippen molar-refractivity contribution in [3.8, 4) is 0 Å². The van der Waals surface area contributed by atoms with Crippen LogP contribution < -0.4 is 5.43 Å². The molecule has 0 saturated heterocycles. The fourth-order valence-electron chi connectivity index (χ4n) is 2.56. The van der Waals surface area contributed by atoms with Gasteiger partial charge in [-0.15, -0.1) is 0 Å². The van der Waals surface area contributed by atoms with Crippen molar-refractivity contribution in [3.05, 3.63) is 71.4 Å². The fourth-order valence-corrected chi connectivity index (χ4v) is 2.56. The molecule has 3 aromatic rings. The van der Waals surface area contributed by atoms with Crippen LogP contribution in [0.25, 0.3) is 10.9 Å². The summed E-state index contributed by atoms with van der Waals surface area (Å²) in [7, 11) is 2.09. The van der Waals surface area contributed by atoms with Crippen LogP contribution >= 0.6 is 0 Å². The van der Waals surface area contributed by atoms with Crippen LogP contribution in [-0.4, -0.2) is 10.8 Å². The summed E-state index contributed by atoms with van der Waals surface area (Å²) in [5.74, 6) is 0. The molecule has 1 heterocycles. The highest BCUT2D eigenvalue weighted by atomic mass is 15.3. The summed E-state index contributed by atoms with van der Waals surface area (Å²) in [5.41, 5.74) is 7.97.